The summed E-state index contributed by atoms with van der Waals surface area (Å²) in [6.07, 6.45) is 0. The van der Waals surface area contributed by atoms with Gasteiger partial charge in [-0.1, -0.05) is 47.5 Å². The molecule has 6 aromatic rings. The van der Waals surface area contributed by atoms with E-state index in [0.29, 0.717) is 0 Å². The molecule has 0 saturated carbocycles. The van der Waals surface area contributed by atoms with Crippen LogP contribution in [-0.4, -0.2) is 25.9 Å². The summed E-state index contributed by atoms with van der Waals surface area (Å²) in [7, 11) is -8.54. The van der Waals surface area contributed by atoms with Gasteiger partial charge in [0.25, 0.3) is 0 Å². The van der Waals surface area contributed by atoms with E-state index in [9.17, 15) is 25.9 Å². The normalized spacial score (nSPS) is 10.6. The van der Waals surface area contributed by atoms with Gasteiger partial charge in [0.1, 0.15) is 20.2 Å². The van der Waals surface area contributed by atoms with Crippen molar-refractivity contribution < 1.29 is 52.1 Å². The molecule has 0 unspecified atom stereocenters. The van der Waals surface area contributed by atoms with Gasteiger partial charge in [0.05, 0.1) is 9.79 Å². The molecule has 41 heavy (non-hydrogen) atoms. The van der Waals surface area contributed by atoms with E-state index in [-0.39, 0.29) is 36.0 Å². The van der Waals surface area contributed by atoms with E-state index in [0.717, 1.165) is 11.1 Å². The fourth-order valence-corrected chi connectivity index (χ4v) is 4.49. The molecule has 0 saturated heterocycles. The Balaban J connectivity index is 0.000000190. The van der Waals surface area contributed by atoms with Crippen LogP contribution >= 0.6 is 0 Å². The van der Waals surface area contributed by atoms with Gasteiger partial charge in [-0.25, -0.2) is 16.8 Å². The van der Waals surface area contributed by atoms with Crippen LogP contribution in [0.15, 0.2) is 143 Å². The van der Waals surface area contributed by atoms with E-state index in [2.05, 4.69) is 84.9 Å². The molecule has 0 N–H and O–H groups in total. The molecule has 0 amide bonds. The average Bonchev–Trinajstić information content (AvgIpc) is 3.59. The van der Waals surface area contributed by atoms with Gasteiger partial charge in [0, 0.05) is 0 Å². The Hall–Kier alpha value is -3.20. The van der Waals surface area contributed by atoms with Gasteiger partial charge in [0.15, 0.2) is 0 Å². The maximum absolute atomic E-state index is 10.4. The molecule has 6 aromatic carbocycles. The van der Waals surface area contributed by atoms with Crippen LogP contribution in [0.3, 0.4) is 0 Å². The Bertz CT molecular complexity index is 1650. The number of hydrogen-bond acceptors (Lipinski definition) is 6. The second-order valence-corrected chi connectivity index (χ2v) is 11.6. The predicted octanol–water partition coefficient (Wildman–Crippen LogP) is 6.91. The summed E-state index contributed by atoms with van der Waals surface area (Å²) in [5.41, 5.74) is 1.86. The molecule has 0 aromatic heterocycles. The molecule has 0 heterocycles. The zero-order valence-corrected chi connectivity index (χ0v) is 26.6. The van der Waals surface area contributed by atoms with Crippen molar-refractivity contribution in [3.8, 4) is 0 Å². The van der Waals surface area contributed by atoms with Crippen LogP contribution in [0.2, 0.25) is 0 Å². The Morgan fingerprint density at radius 1 is 0.488 bits per heavy atom. The Kier molecular flexibility index (Phi) is 13.0. The van der Waals surface area contributed by atoms with Crippen LogP contribution in [0, 0.1) is 13.8 Å². The molecule has 6 nitrogen and oxygen atoms in total. The van der Waals surface area contributed by atoms with Gasteiger partial charge < -0.3 is 9.11 Å². The van der Waals surface area contributed by atoms with Gasteiger partial charge in [0.2, 0.25) is 0 Å². The first-order chi connectivity index (χ1) is 18.9. The second kappa shape index (κ2) is 15.7. The predicted molar refractivity (Wildman–Crippen MR) is 157 cm³/mol. The van der Waals surface area contributed by atoms with Crippen LogP contribution in [0.1, 0.15) is 11.1 Å². The van der Waals surface area contributed by atoms with Crippen molar-refractivity contribution in [2.24, 2.45) is 0 Å². The van der Waals surface area contributed by atoms with Crippen molar-refractivity contribution in [3.63, 3.8) is 0 Å². The summed E-state index contributed by atoms with van der Waals surface area (Å²) in [6, 6.07) is 40.9. The van der Waals surface area contributed by atoms with Crippen LogP contribution < -0.4 is 0 Å². The standard InChI is InChI=1S/2C9H7.2C7H8O3S.Zr/c2*1-2-5-9-7-3-6-8(9)4-1;2*1-6-2-4-7(5-3-6)11(8,9)10;/h2*1-7H;2*2-5H,1H3,(H,8,9,10);/q2*-1;;;+2/p-2. The number of benzene rings is 4. The first kappa shape index (κ1) is 34.0. The largest absolute Gasteiger partial charge is 2.00 e. The molecule has 9 heteroatoms. The van der Waals surface area contributed by atoms with Crippen LogP contribution in [-0.2, 0) is 46.4 Å². The maximum Gasteiger partial charge on any atom is 2.00 e. The summed E-state index contributed by atoms with van der Waals surface area (Å²) in [5, 5.41) is 5.32. The third-order valence-electron chi connectivity index (χ3n) is 5.71. The maximum atomic E-state index is 10.4. The van der Waals surface area contributed by atoms with Crippen molar-refractivity contribution in [2.45, 2.75) is 23.6 Å². The van der Waals surface area contributed by atoms with Crippen molar-refractivity contribution in [3.05, 3.63) is 145 Å². The Morgan fingerprint density at radius 3 is 1.10 bits per heavy atom. The fourth-order valence-electron chi connectivity index (χ4n) is 3.55. The van der Waals surface area contributed by atoms with Gasteiger partial charge in [-0.2, -0.15) is 35.0 Å². The number of fused-ring (bicyclic) bond motifs is 2. The molecule has 6 rings (SSSR count). The summed E-state index contributed by atoms with van der Waals surface area (Å²) in [4.78, 5) is -0.355. The summed E-state index contributed by atoms with van der Waals surface area (Å²) >= 11 is 0. The van der Waals surface area contributed by atoms with Crippen LogP contribution in [0.5, 0.6) is 0 Å². The topological polar surface area (TPSA) is 114 Å². The molecular formula is C32H28O6S2Zr-2. The van der Waals surface area contributed by atoms with E-state index in [1.54, 1.807) is 24.3 Å². The minimum Gasteiger partial charge on any atom is -0.744 e. The van der Waals surface area contributed by atoms with E-state index in [4.69, 9.17) is 0 Å². The Labute approximate surface area is 260 Å². The van der Waals surface area contributed by atoms with E-state index < -0.39 is 20.2 Å². The summed E-state index contributed by atoms with van der Waals surface area (Å²) in [6.45, 7) is 3.64. The molecule has 0 fully saturated rings. The fraction of sp³-hybridized carbons (Fsp3) is 0.0625. The van der Waals surface area contributed by atoms with Gasteiger partial charge in [-0.15, -0.1) is 59.3 Å². The zero-order chi connectivity index (χ0) is 29.2. The number of aryl methyl sites for hydroxylation is 2. The second-order valence-electron chi connectivity index (χ2n) is 8.84. The average molecular weight is 664 g/mol. The van der Waals surface area contributed by atoms with Gasteiger partial charge in [-0.3, -0.25) is 0 Å². The minimum absolute atomic E-state index is 0. The molecule has 0 atom stereocenters. The zero-order valence-electron chi connectivity index (χ0n) is 22.5. The van der Waals surface area contributed by atoms with Crippen molar-refractivity contribution >= 4 is 41.8 Å². The molecule has 0 aliphatic heterocycles. The van der Waals surface area contributed by atoms with E-state index in [1.807, 2.05) is 13.8 Å². The minimum atomic E-state index is -4.27. The van der Waals surface area contributed by atoms with Crippen molar-refractivity contribution in [1.82, 2.24) is 0 Å². The Morgan fingerprint density at radius 2 is 0.805 bits per heavy atom. The van der Waals surface area contributed by atoms with Crippen molar-refractivity contribution in [1.29, 1.82) is 0 Å². The first-order valence-corrected chi connectivity index (χ1v) is 15.0. The van der Waals surface area contributed by atoms with E-state index >= 15 is 0 Å². The molecule has 0 aliphatic rings. The monoisotopic (exact) mass is 662 g/mol. The van der Waals surface area contributed by atoms with Crippen LogP contribution in [0.4, 0.5) is 0 Å². The molecule has 0 aliphatic carbocycles. The third kappa shape index (κ3) is 11.3. The molecule has 0 radical (unpaired) electrons. The quantitative estimate of drug-likeness (QED) is 0.147. The first-order valence-electron chi connectivity index (χ1n) is 12.2. The van der Waals surface area contributed by atoms with Crippen LogP contribution in [0.25, 0.3) is 21.5 Å². The molecule has 210 valence electrons. The van der Waals surface area contributed by atoms with Crippen molar-refractivity contribution in [2.75, 3.05) is 0 Å². The van der Waals surface area contributed by atoms with Gasteiger partial charge in [-0.05, 0) is 38.1 Å². The summed E-state index contributed by atoms with van der Waals surface area (Å²) < 4.78 is 62.3. The molecule has 0 spiro atoms. The molecular weight excluding hydrogens is 636 g/mol. The van der Waals surface area contributed by atoms with E-state index in [1.165, 1.54) is 45.8 Å². The van der Waals surface area contributed by atoms with Gasteiger partial charge >= 0.3 is 26.2 Å². The molecule has 0 bridgehead atoms. The number of hydrogen-bond donors (Lipinski definition) is 0. The number of rotatable bonds is 2. The third-order valence-corrected chi connectivity index (χ3v) is 7.41. The summed E-state index contributed by atoms with van der Waals surface area (Å²) in [5.74, 6) is 0. The smallest absolute Gasteiger partial charge is 0.744 e. The SMILES string of the molecule is Cc1ccc(S(=O)(=O)[O-])cc1.Cc1ccc(S(=O)(=O)[O-])cc1.[Zr+2].c1ccc2[cH-]ccc2c1.c1ccc2[cH-]ccc2c1.